The Morgan fingerprint density at radius 3 is 2.31 bits per heavy atom. The molecule has 0 saturated carbocycles. The summed E-state index contributed by atoms with van der Waals surface area (Å²) in [6, 6.07) is 8.65. The zero-order chi connectivity index (χ0) is 12.0. The summed E-state index contributed by atoms with van der Waals surface area (Å²) in [5.74, 6) is 0. The van der Waals surface area contributed by atoms with Crippen LogP contribution < -0.4 is 10.2 Å². The molecule has 0 bridgehead atoms. The van der Waals surface area contributed by atoms with Crippen molar-refractivity contribution < 1.29 is 5.11 Å². The molecule has 0 aliphatic carbocycles. The van der Waals surface area contributed by atoms with Crippen LogP contribution in [0.5, 0.6) is 0 Å². The lowest BCUT2D eigenvalue weighted by molar-refractivity contribution is 0.238. The molecular formula is C13H22N2O. The normalized spacial score (nSPS) is 12.5. The van der Waals surface area contributed by atoms with Crippen LogP contribution in [-0.4, -0.2) is 31.9 Å². The van der Waals surface area contributed by atoms with E-state index in [9.17, 15) is 0 Å². The van der Waals surface area contributed by atoms with Crippen molar-refractivity contribution in [3.63, 3.8) is 0 Å². The molecule has 1 aromatic carbocycles. The fourth-order valence-electron chi connectivity index (χ4n) is 1.51. The molecule has 90 valence electrons. The van der Waals surface area contributed by atoms with Crippen molar-refractivity contribution in [2.75, 3.05) is 25.6 Å². The van der Waals surface area contributed by atoms with Gasteiger partial charge in [-0.05, 0) is 24.1 Å². The number of nitrogens with one attached hydrogen (secondary N) is 1. The topological polar surface area (TPSA) is 35.5 Å². The molecule has 0 aliphatic heterocycles. The number of aliphatic hydroxyl groups is 1. The Morgan fingerprint density at radius 2 is 1.88 bits per heavy atom. The van der Waals surface area contributed by atoms with Gasteiger partial charge in [-0.15, -0.1) is 0 Å². The first-order chi connectivity index (χ1) is 7.67. The van der Waals surface area contributed by atoms with Crippen molar-refractivity contribution >= 4 is 5.69 Å². The van der Waals surface area contributed by atoms with Crippen LogP contribution in [0.2, 0.25) is 0 Å². The standard InChI is InChI=1S/C13H22N2O/c1-4-12(10-16)14-9-11-5-7-13(8-6-11)15(2)3/h5-8,12,14,16H,4,9-10H2,1-3H3. The summed E-state index contributed by atoms with van der Waals surface area (Å²) < 4.78 is 0. The lowest BCUT2D eigenvalue weighted by Gasteiger charge is -2.15. The van der Waals surface area contributed by atoms with E-state index >= 15 is 0 Å². The smallest absolute Gasteiger partial charge is 0.0584 e. The van der Waals surface area contributed by atoms with Gasteiger partial charge in [0.25, 0.3) is 0 Å². The van der Waals surface area contributed by atoms with E-state index in [1.165, 1.54) is 11.3 Å². The van der Waals surface area contributed by atoms with Gasteiger partial charge in [-0.2, -0.15) is 0 Å². The van der Waals surface area contributed by atoms with Gasteiger partial charge in [0.05, 0.1) is 6.61 Å². The number of aliphatic hydroxyl groups excluding tert-OH is 1. The monoisotopic (exact) mass is 222 g/mol. The molecule has 0 spiro atoms. The van der Waals surface area contributed by atoms with Crippen molar-refractivity contribution in [1.82, 2.24) is 5.32 Å². The second-order valence-electron chi connectivity index (χ2n) is 4.23. The van der Waals surface area contributed by atoms with Gasteiger partial charge in [0.2, 0.25) is 0 Å². The van der Waals surface area contributed by atoms with Crippen molar-refractivity contribution in [2.45, 2.75) is 25.9 Å². The molecule has 0 amide bonds. The number of nitrogens with zero attached hydrogens (tertiary/aromatic N) is 1. The summed E-state index contributed by atoms with van der Waals surface area (Å²) in [5, 5.41) is 12.4. The first-order valence-electron chi connectivity index (χ1n) is 5.78. The molecule has 0 saturated heterocycles. The Hall–Kier alpha value is -1.06. The molecule has 1 unspecified atom stereocenters. The largest absolute Gasteiger partial charge is 0.395 e. The fourth-order valence-corrected chi connectivity index (χ4v) is 1.51. The highest BCUT2D eigenvalue weighted by Gasteiger charge is 2.03. The molecule has 3 heteroatoms. The number of anilines is 1. The highest BCUT2D eigenvalue weighted by atomic mass is 16.3. The summed E-state index contributed by atoms with van der Waals surface area (Å²) in [7, 11) is 4.07. The molecule has 0 heterocycles. The van der Waals surface area contributed by atoms with Crippen molar-refractivity contribution in [3.8, 4) is 0 Å². The van der Waals surface area contributed by atoms with Gasteiger partial charge in [-0.25, -0.2) is 0 Å². The predicted octanol–water partition coefficient (Wildman–Crippen LogP) is 1.61. The number of hydrogen-bond donors (Lipinski definition) is 2. The zero-order valence-corrected chi connectivity index (χ0v) is 10.4. The maximum Gasteiger partial charge on any atom is 0.0584 e. The predicted molar refractivity (Wildman–Crippen MR) is 68.8 cm³/mol. The molecular weight excluding hydrogens is 200 g/mol. The molecule has 0 fully saturated rings. The van der Waals surface area contributed by atoms with Crippen LogP contribution >= 0.6 is 0 Å². The average Bonchev–Trinajstić information content (AvgIpc) is 2.31. The maximum atomic E-state index is 9.05. The number of benzene rings is 1. The maximum absolute atomic E-state index is 9.05. The summed E-state index contributed by atoms with van der Waals surface area (Å²) in [6.07, 6.45) is 0.951. The van der Waals surface area contributed by atoms with Crippen LogP contribution in [0.1, 0.15) is 18.9 Å². The van der Waals surface area contributed by atoms with Crippen LogP contribution in [0.4, 0.5) is 5.69 Å². The summed E-state index contributed by atoms with van der Waals surface area (Å²) >= 11 is 0. The molecule has 3 nitrogen and oxygen atoms in total. The van der Waals surface area contributed by atoms with Gasteiger partial charge >= 0.3 is 0 Å². The zero-order valence-electron chi connectivity index (χ0n) is 10.4. The van der Waals surface area contributed by atoms with E-state index in [4.69, 9.17) is 5.11 Å². The van der Waals surface area contributed by atoms with Gasteiger partial charge < -0.3 is 15.3 Å². The first kappa shape index (κ1) is 13.0. The van der Waals surface area contributed by atoms with E-state index in [0.717, 1.165) is 13.0 Å². The SMILES string of the molecule is CCC(CO)NCc1ccc(N(C)C)cc1. The van der Waals surface area contributed by atoms with Crippen LogP contribution in [0.15, 0.2) is 24.3 Å². The van der Waals surface area contributed by atoms with Crippen LogP contribution in [-0.2, 0) is 6.54 Å². The minimum atomic E-state index is 0.201. The first-order valence-corrected chi connectivity index (χ1v) is 5.78. The minimum absolute atomic E-state index is 0.201. The van der Waals surface area contributed by atoms with E-state index in [2.05, 4.69) is 41.4 Å². The molecule has 1 rings (SSSR count). The lowest BCUT2D eigenvalue weighted by Crippen LogP contribution is -2.31. The third kappa shape index (κ3) is 3.83. The quantitative estimate of drug-likeness (QED) is 0.767. The van der Waals surface area contributed by atoms with Crippen molar-refractivity contribution in [2.24, 2.45) is 0 Å². The number of hydrogen-bond acceptors (Lipinski definition) is 3. The molecule has 1 atom stereocenters. The van der Waals surface area contributed by atoms with E-state index in [-0.39, 0.29) is 12.6 Å². The Bertz CT molecular complexity index is 291. The van der Waals surface area contributed by atoms with E-state index in [1.54, 1.807) is 0 Å². The van der Waals surface area contributed by atoms with E-state index in [0.29, 0.717) is 0 Å². The van der Waals surface area contributed by atoms with Gasteiger partial charge in [-0.3, -0.25) is 0 Å². The van der Waals surface area contributed by atoms with Gasteiger partial charge in [-0.1, -0.05) is 19.1 Å². The molecule has 1 aromatic rings. The Labute approximate surface area is 98.1 Å². The van der Waals surface area contributed by atoms with Crippen molar-refractivity contribution in [3.05, 3.63) is 29.8 Å². The van der Waals surface area contributed by atoms with Crippen LogP contribution in [0, 0.1) is 0 Å². The van der Waals surface area contributed by atoms with Gasteiger partial charge in [0, 0.05) is 32.4 Å². The third-order valence-corrected chi connectivity index (χ3v) is 2.76. The highest BCUT2D eigenvalue weighted by molar-refractivity contribution is 5.45. The second kappa shape index (κ2) is 6.51. The summed E-state index contributed by atoms with van der Waals surface area (Å²) in [4.78, 5) is 2.08. The lowest BCUT2D eigenvalue weighted by atomic mass is 10.1. The Balaban J connectivity index is 2.49. The van der Waals surface area contributed by atoms with Crippen LogP contribution in [0.3, 0.4) is 0 Å². The summed E-state index contributed by atoms with van der Waals surface area (Å²) in [6.45, 7) is 3.09. The van der Waals surface area contributed by atoms with Gasteiger partial charge in [0.15, 0.2) is 0 Å². The van der Waals surface area contributed by atoms with Crippen molar-refractivity contribution in [1.29, 1.82) is 0 Å². The van der Waals surface area contributed by atoms with Gasteiger partial charge in [0.1, 0.15) is 0 Å². The Morgan fingerprint density at radius 1 is 1.25 bits per heavy atom. The second-order valence-corrected chi connectivity index (χ2v) is 4.23. The van der Waals surface area contributed by atoms with E-state index in [1.807, 2.05) is 14.1 Å². The van der Waals surface area contributed by atoms with Crippen LogP contribution in [0.25, 0.3) is 0 Å². The Kier molecular flexibility index (Phi) is 5.29. The summed E-state index contributed by atoms with van der Waals surface area (Å²) in [5.41, 5.74) is 2.45. The average molecular weight is 222 g/mol. The number of rotatable bonds is 6. The third-order valence-electron chi connectivity index (χ3n) is 2.76. The fraction of sp³-hybridized carbons (Fsp3) is 0.538. The molecule has 0 aromatic heterocycles. The molecule has 2 N–H and O–H groups in total. The van der Waals surface area contributed by atoms with E-state index < -0.39 is 0 Å². The highest BCUT2D eigenvalue weighted by Crippen LogP contribution is 2.12. The minimum Gasteiger partial charge on any atom is -0.395 e. The molecule has 0 radical (unpaired) electrons. The molecule has 16 heavy (non-hydrogen) atoms. The molecule has 0 aliphatic rings.